The smallest absolute Gasteiger partial charge is 0.294 e. The van der Waals surface area contributed by atoms with Crippen molar-refractivity contribution in [2.24, 2.45) is 0 Å². The van der Waals surface area contributed by atoms with Gasteiger partial charge >= 0.3 is 0 Å². The normalized spacial score (nSPS) is 15.7. The quantitative estimate of drug-likeness (QED) is 0.609. The summed E-state index contributed by atoms with van der Waals surface area (Å²) in [5, 5.41) is -0.383. The molecular formula is C16H15NO5S. The molecule has 1 aromatic carbocycles. The predicted octanol–water partition coefficient (Wildman–Crippen LogP) is 2.38. The van der Waals surface area contributed by atoms with Gasteiger partial charge in [0, 0.05) is 0 Å². The number of hydrogen-bond acceptors (Lipinski definition) is 6. The van der Waals surface area contributed by atoms with Crippen molar-refractivity contribution in [3.05, 3.63) is 22.6 Å². The lowest BCUT2D eigenvalue weighted by Gasteiger charge is -2.13. The Morgan fingerprint density at radius 2 is 1.78 bits per heavy atom. The molecule has 23 heavy (non-hydrogen) atoms. The standard InChI is InChI=1S/C16H15NO5S/c1-5-6-17-15(18)13(23-16(17)19)9-10-7-11(20-2)14(22-4)12(8-10)21-3/h1,7-9H,6H2,2-4H3. The SMILES string of the molecule is C#CCN1C(=O)SC(=Cc2cc(OC)c(OC)c(OC)c2)C1=O. The van der Waals surface area contributed by atoms with Crippen LogP contribution in [0.3, 0.4) is 0 Å². The summed E-state index contributed by atoms with van der Waals surface area (Å²) in [5.74, 6) is 3.25. The molecule has 0 atom stereocenters. The van der Waals surface area contributed by atoms with Crippen LogP contribution in [0, 0.1) is 12.3 Å². The van der Waals surface area contributed by atoms with Crippen molar-refractivity contribution >= 4 is 29.0 Å². The number of terminal acetylenes is 1. The van der Waals surface area contributed by atoms with Gasteiger partial charge in [-0.1, -0.05) is 5.92 Å². The Labute approximate surface area is 138 Å². The Hall–Kier alpha value is -2.59. The maximum Gasteiger partial charge on any atom is 0.294 e. The second-order valence-electron chi connectivity index (χ2n) is 4.43. The first-order valence-electron chi connectivity index (χ1n) is 6.54. The summed E-state index contributed by atoms with van der Waals surface area (Å²) in [4.78, 5) is 25.3. The fraction of sp³-hybridized carbons (Fsp3) is 0.250. The van der Waals surface area contributed by atoms with Crippen LogP contribution in [0.2, 0.25) is 0 Å². The van der Waals surface area contributed by atoms with E-state index in [2.05, 4.69) is 5.92 Å². The Bertz CT molecular complexity index is 695. The van der Waals surface area contributed by atoms with E-state index in [9.17, 15) is 9.59 Å². The molecule has 2 rings (SSSR count). The van der Waals surface area contributed by atoms with Crippen LogP contribution >= 0.6 is 11.8 Å². The average molecular weight is 333 g/mol. The van der Waals surface area contributed by atoms with E-state index < -0.39 is 5.91 Å². The third kappa shape index (κ3) is 3.27. The van der Waals surface area contributed by atoms with Crippen molar-refractivity contribution in [1.29, 1.82) is 0 Å². The molecule has 1 aliphatic rings. The molecule has 6 nitrogen and oxygen atoms in total. The lowest BCUT2D eigenvalue weighted by Crippen LogP contribution is -2.28. The first-order valence-corrected chi connectivity index (χ1v) is 7.36. The summed E-state index contributed by atoms with van der Waals surface area (Å²) in [6, 6.07) is 3.38. The second kappa shape index (κ2) is 7.11. The van der Waals surface area contributed by atoms with E-state index in [0.29, 0.717) is 27.7 Å². The summed E-state index contributed by atoms with van der Waals surface area (Å²) in [7, 11) is 4.51. The zero-order valence-electron chi connectivity index (χ0n) is 12.9. The van der Waals surface area contributed by atoms with Crippen LogP contribution in [0.15, 0.2) is 17.0 Å². The van der Waals surface area contributed by atoms with Crippen LogP contribution in [0.25, 0.3) is 6.08 Å². The number of rotatable bonds is 5. The summed E-state index contributed by atoms with van der Waals surface area (Å²) in [5.41, 5.74) is 0.644. The third-order valence-electron chi connectivity index (χ3n) is 3.11. The number of imide groups is 1. The van der Waals surface area contributed by atoms with Crippen molar-refractivity contribution in [2.75, 3.05) is 27.9 Å². The number of thioether (sulfide) groups is 1. The Morgan fingerprint density at radius 1 is 1.17 bits per heavy atom. The first-order chi connectivity index (χ1) is 11.0. The highest BCUT2D eigenvalue weighted by Gasteiger charge is 2.34. The largest absolute Gasteiger partial charge is 0.493 e. The number of carbonyl (C=O) groups excluding carboxylic acids is 2. The molecule has 0 unspecified atom stereocenters. The number of ether oxygens (including phenoxy) is 3. The zero-order chi connectivity index (χ0) is 17.0. The molecule has 0 saturated carbocycles. The van der Waals surface area contributed by atoms with Crippen molar-refractivity contribution in [3.8, 4) is 29.6 Å². The summed E-state index contributed by atoms with van der Waals surface area (Å²) >= 11 is 0.844. The Morgan fingerprint density at radius 3 is 2.26 bits per heavy atom. The van der Waals surface area contributed by atoms with E-state index in [1.807, 2.05) is 0 Å². The second-order valence-corrected chi connectivity index (χ2v) is 5.42. The van der Waals surface area contributed by atoms with Gasteiger partial charge in [-0.3, -0.25) is 14.5 Å². The molecule has 0 N–H and O–H groups in total. The van der Waals surface area contributed by atoms with Crippen LogP contribution in [0.1, 0.15) is 5.56 Å². The van der Waals surface area contributed by atoms with Gasteiger partial charge in [0.25, 0.3) is 11.1 Å². The summed E-state index contributed by atoms with van der Waals surface area (Å²) in [6.45, 7) is -0.0444. The van der Waals surface area contributed by atoms with Crippen molar-refractivity contribution in [3.63, 3.8) is 0 Å². The molecule has 0 bridgehead atoms. The average Bonchev–Trinajstić information content (AvgIpc) is 2.81. The predicted molar refractivity (Wildman–Crippen MR) is 87.6 cm³/mol. The lowest BCUT2D eigenvalue weighted by molar-refractivity contribution is -0.122. The molecule has 0 aromatic heterocycles. The van der Waals surface area contributed by atoms with Crippen molar-refractivity contribution < 1.29 is 23.8 Å². The molecule has 1 fully saturated rings. The minimum Gasteiger partial charge on any atom is -0.493 e. The summed E-state index contributed by atoms with van der Waals surface area (Å²) in [6.07, 6.45) is 6.76. The minimum absolute atomic E-state index is 0.0444. The van der Waals surface area contributed by atoms with E-state index in [0.717, 1.165) is 16.7 Å². The highest BCUT2D eigenvalue weighted by molar-refractivity contribution is 8.18. The first kappa shape index (κ1) is 16.8. The molecule has 1 aromatic rings. The van der Waals surface area contributed by atoms with E-state index in [1.165, 1.54) is 21.3 Å². The van der Waals surface area contributed by atoms with Gasteiger partial charge in [-0.15, -0.1) is 6.42 Å². The maximum atomic E-state index is 12.2. The number of nitrogens with zero attached hydrogens (tertiary/aromatic N) is 1. The van der Waals surface area contributed by atoms with Gasteiger partial charge < -0.3 is 14.2 Å². The van der Waals surface area contributed by atoms with Gasteiger partial charge in [0.15, 0.2) is 11.5 Å². The molecule has 1 saturated heterocycles. The number of benzene rings is 1. The third-order valence-corrected chi connectivity index (χ3v) is 4.02. The molecule has 1 heterocycles. The van der Waals surface area contributed by atoms with E-state index in [1.54, 1.807) is 18.2 Å². The highest BCUT2D eigenvalue weighted by Crippen LogP contribution is 2.40. The molecule has 2 amide bonds. The Kier molecular flexibility index (Phi) is 5.19. The molecular weight excluding hydrogens is 318 g/mol. The molecule has 120 valence electrons. The molecule has 1 aliphatic heterocycles. The van der Waals surface area contributed by atoms with E-state index in [-0.39, 0.29) is 11.8 Å². The van der Waals surface area contributed by atoms with Crippen LogP contribution in [0.5, 0.6) is 17.2 Å². The van der Waals surface area contributed by atoms with Crippen LogP contribution in [-0.4, -0.2) is 43.9 Å². The fourth-order valence-corrected chi connectivity index (χ4v) is 2.90. The molecule has 0 aliphatic carbocycles. The van der Waals surface area contributed by atoms with Crippen LogP contribution in [0.4, 0.5) is 4.79 Å². The van der Waals surface area contributed by atoms with Gasteiger partial charge in [0.1, 0.15) is 0 Å². The van der Waals surface area contributed by atoms with Crippen LogP contribution in [-0.2, 0) is 4.79 Å². The number of methoxy groups -OCH3 is 3. The van der Waals surface area contributed by atoms with Gasteiger partial charge in [0.2, 0.25) is 5.75 Å². The monoisotopic (exact) mass is 333 g/mol. The van der Waals surface area contributed by atoms with E-state index >= 15 is 0 Å². The number of amides is 2. The van der Waals surface area contributed by atoms with Gasteiger partial charge in [-0.25, -0.2) is 0 Å². The van der Waals surface area contributed by atoms with E-state index in [4.69, 9.17) is 20.6 Å². The van der Waals surface area contributed by atoms with Crippen molar-refractivity contribution in [1.82, 2.24) is 4.90 Å². The van der Waals surface area contributed by atoms with Gasteiger partial charge in [-0.2, -0.15) is 0 Å². The summed E-state index contributed by atoms with van der Waals surface area (Å²) < 4.78 is 15.8. The molecule has 0 radical (unpaired) electrons. The lowest BCUT2D eigenvalue weighted by atomic mass is 10.1. The minimum atomic E-state index is -0.410. The van der Waals surface area contributed by atoms with Crippen molar-refractivity contribution in [2.45, 2.75) is 0 Å². The topological polar surface area (TPSA) is 65.1 Å². The molecule has 7 heteroatoms. The number of carbonyl (C=O) groups is 2. The Balaban J connectivity index is 2.42. The number of hydrogen-bond donors (Lipinski definition) is 0. The van der Waals surface area contributed by atoms with Crippen LogP contribution < -0.4 is 14.2 Å². The fourth-order valence-electron chi connectivity index (χ4n) is 2.06. The maximum absolute atomic E-state index is 12.2. The van der Waals surface area contributed by atoms with Gasteiger partial charge in [-0.05, 0) is 35.5 Å². The molecule has 0 spiro atoms. The zero-order valence-corrected chi connectivity index (χ0v) is 13.7. The highest BCUT2D eigenvalue weighted by atomic mass is 32.2. The van der Waals surface area contributed by atoms with Gasteiger partial charge in [0.05, 0.1) is 32.8 Å².